The molecule has 0 radical (unpaired) electrons. The quantitative estimate of drug-likeness (QED) is 0.255. The fraction of sp³-hybridized carbons (Fsp3) is 0.294. The molecule has 1 fully saturated rings. The Morgan fingerprint density at radius 3 is 2.53 bits per heavy atom. The fourth-order valence-corrected chi connectivity index (χ4v) is 9.72. The van der Waals surface area contributed by atoms with Crippen molar-refractivity contribution >= 4 is 22.4 Å². The van der Waals surface area contributed by atoms with Gasteiger partial charge in [-0.1, -0.05) is 143 Å². The van der Waals surface area contributed by atoms with E-state index in [0.29, 0.717) is 0 Å². The van der Waals surface area contributed by atoms with Crippen LogP contribution in [0.4, 0.5) is 5.69 Å². The molecule has 0 aromatic heterocycles. The molecule has 1 heterocycles. The van der Waals surface area contributed by atoms with E-state index in [0.717, 1.165) is 23.4 Å². The van der Waals surface area contributed by atoms with Gasteiger partial charge in [-0.05, 0) is 108 Å². The van der Waals surface area contributed by atoms with Gasteiger partial charge in [0.25, 0.3) is 0 Å². The number of rotatable bonds is 9. The molecule has 2 unspecified atom stereocenters. The summed E-state index contributed by atoms with van der Waals surface area (Å²) in [6, 6.07) is 15.9. The Kier molecular flexibility index (Phi) is 9.05. The molecule has 1 saturated heterocycles. The molecular weight excluding hydrogens is 641 g/mol. The highest BCUT2D eigenvalue weighted by molar-refractivity contribution is 5.92. The smallest absolute Gasteiger partial charge is 0.0653 e. The summed E-state index contributed by atoms with van der Waals surface area (Å²) >= 11 is 0. The number of nitrogens with one attached hydrogen (secondary N) is 2. The molecule has 2 aromatic carbocycles. The monoisotopic (exact) mass is 694 g/mol. The van der Waals surface area contributed by atoms with Crippen molar-refractivity contribution in [3.05, 3.63) is 190 Å². The molecule has 6 aliphatic rings. The van der Waals surface area contributed by atoms with Crippen LogP contribution in [-0.2, 0) is 5.41 Å². The normalized spacial score (nSPS) is 25.7. The van der Waals surface area contributed by atoms with Crippen LogP contribution in [-0.4, -0.2) is 6.54 Å². The van der Waals surface area contributed by atoms with Crippen LogP contribution in [0, 0.1) is 17.3 Å². The molecule has 0 bridgehead atoms. The van der Waals surface area contributed by atoms with Crippen molar-refractivity contribution in [1.29, 1.82) is 0 Å². The topological polar surface area (TPSA) is 24.1 Å². The Bertz CT molecular complexity index is 2240. The number of fused-ring (bicyclic) bond motifs is 4. The van der Waals surface area contributed by atoms with E-state index < -0.39 is 0 Å². The highest BCUT2D eigenvalue weighted by Crippen LogP contribution is 2.60. The Morgan fingerprint density at radius 2 is 1.70 bits per heavy atom. The molecule has 2 heteroatoms. The summed E-state index contributed by atoms with van der Waals surface area (Å²) < 4.78 is 0. The first-order chi connectivity index (χ1) is 25.6. The van der Waals surface area contributed by atoms with E-state index in [-0.39, 0.29) is 22.7 Å². The number of anilines is 1. The summed E-state index contributed by atoms with van der Waals surface area (Å²) in [6.45, 7) is 19.1. The lowest BCUT2D eigenvalue weighted by atomic mass is 9.75. The first-order valence-corrected chi connectivity index (χ1v) is 19.7. The zero-order chi connectivity index (χ0) is 36.9. The minimum Gasteiger partial charge on any atom is -0.381 e. The Morgan fingerprint density at radius 1 is 0.906 bits per heavy atom. The van der Waals surface area contributed by atoms with Gasteiger partial charge < -0.3 is 10.6 Å². The largest absolute Gasteiger partial charge is 0.381 e. The molecule has 5 aliphatic carbocycles. The zero-order valence-corrected chi connectivity index (χ0v) is 32.4. The van der Waals surface area contributed by atoms with Gasteiger partial charge in [-0.2, -0.15) is 0 Å². The summed E-state index contributed by atoms with van der Waals surface area (Å²) in [5.74, 6) is 0.523. The summed E-state index contributed by atoms with van der Waals surface area (Å²) in [4.78, 5) is 0. The molecule has 2 aromatic rings. The van der Waals surface area contributed by atoms with Crippen LogP contribution in [0.15, 0.2) is 167 Å². The van der Waals surface area contributed by atoms with Gasteiger partial charge in [0.2, 0.25) is 0 Å². The molecule has 0 amide bonds. The lowest BCUT2D eigenvalue weighted by Gasteiger charge is -2.38. The third-order valence-electron chi connectivity index (χ3n) is 12.4. The van der Waals surface area contributed by atoms with Gasteiger partial charge in [0.05, 0.1) is 5.92 Å². The fourth-order valence-electron chi connectivity index (χ4n) is 9.72. The first-order valence-electron chi connectivity index (χ1n) is 19.7. The van der Waals surface area contributed by atoms with Crippen LogP contribution in [0.25, 0.3) is 16.7 Å². The molecule has 268 valence electrons. The summed E-state index contributed by atoms with van der Waals surface area (Å²) in [5.41, 5.74) is 20.7. The summed E-state index contributed by atoms with van der Waals surface area (Å²) in [7, 11) is 0. The number of hydrogen-bond donors (Lipinski definition) is 2. The van der Waals surface area contributed by atoms with Crippen molar-refractivity contribution in [3.8, 4) is 0 Å². The number of hydrogen-bond acceptors (Lipinski definition) is 2. The first kappa shape index (κ1) is 35.0. The van der Waals surface area contributed by atoms with Crippen LogP contribution in [0.5, 0.6) is 0 Å². The third kappa shape index (κ3) is 5.88. The van der Waals surface area contributed by atoms with Gasteiger partial charge in [0.1, 0.15) is 0 Å². The Labute approximate surface area is 318 Å². The molecule has 8 rings (SSSR count). The minimum atomic E-state index is 0.00270. The minimum absolute atomic E-state index is 0.00270. The lowest BCUT2D eigenvalue weighted by molar-refractivity contribution is 0.510. The number of benzene rings is 2. The molecule has 0 saturated carbocycles. The van der Waals surface area contributed by atoms with Gasteiger partial charge in [0.15, 0.2) is 0 Å². The van der Waals surface area contributed by atoms with Gasteiger partial charge in [-0.15, -0.1) is 0 Å². The van der Waals surface area contributed by atoms with E-state index >= 15 is 0 Å². The zero-order valence-electron chi connectivity index (χ0n) is 32.4. The van der Waals surface area contributed by atoms with E-state index in [1.165, 1.54) is 81.6 Å². The molecule has 2 N–H and O–H groups in total. The predicted molar refractivity (Wildman–Crippen MR) is 228 cm³/mol. The van der Waals surface area contributed by atoms with Crippen molar-refractivity contribution in [1.82, 2.24) is 5.32 Å². The third-order valence-corrected chi connectivity index (χ3v) is 12.4. The van der Waals surface area contributed by atoms with Gasteiger partial charge in [0, 0.05) is 51.5 Å². The lowest BCUT2D eigenvalue weighted by Crippen LogP contribution is -2.37. The van der Waals surface area contributed by atoms with E-state index in [4.69, 9.17) is 0 Å². The van der Waals surface area contributed by atoms with Crippen LogP contribution in [0.2, 0.25) is 0 Å². The van der Waals surface area contributed by atoms with Crippen molar-refractivity contribution in [2.75, 3.05) is 11.9 Å². The summed E-state index contributed by atoms with van der Waals surface area (Å²) in [6.07, 6.45) is 33.9. The average molecular weight is 695 g/mol. The highest BCUT2D eigenvalue weighted by atomic mass is 15.0. The van der Waals surface area contributed by atoms with Crippen molar-refractivity contribution in [2.24, 2.45) is 17.3 Å². The molecule has 53 heavy (non-hydrogen) atoms. The molecule has 2 nitrogen and oxygen atoms in total. The van der Waals surface area contributed by atoms with Crippen LogP contribution >= 0.6 is 0 Å². The second-order valence-electron chi connectivity index (χ2n) is 16.4. The number of allylic oxidation sites excluding steroid dienone is 19. The average Bonchev–Trinajstić information content (AvgIpc) is 3.84. The highest BCUT2D eigenvalue weighted by Gasteiger charge is 2.48. The molecule has 2 atom stereocenters. The SMILES string of the molecule is C=C(/C=C\C=C/C)c1cc(C2=CC=C3N/C(=C4\C5=C(CCCC5)C(C)(C)\C4=C\C4C=C5C(=C4)C(C)(C)c4ccccc45)C32)ccc1NC/C=C\C=C/C. The maximum Gasteiger partial charge on any atom is 0.0653 e. The standard InChI is InChI=1S/C51H54N2/c1-8-10-12-18-28-52-45-26-24-35(32-39(45)33(3)19-13-11-9-2)36-25-27-46-48(36)49(53-46)47-38-21-15-17-23-42(38)51(6,7)44(47)31-34-29-40-37-20-14-16-22-41(37)50(4,5)43(40)30-34/h8-14,16,18-20,22,24-27,29-32,34,48,52-53H,3,15,17,21,23,28H2,1-2,4-7H3/b10-8-,11-9-,18-12-,19-13-,44-31+,49-47+. The van der Waals surface area contributed by atoms with Gasteiger partial charge in [-0.3, -0.25) is 0 Å². The van der Waals surface area contributed by atoms with E-state index in [1.807, 2.05) is 26.0 Å². The van der Waals surface area contributed by atoms with E-state index in [9.17, 15) is 0 Å². The van der Waals surface area contributed by atoms with Crippen LogP contribution < -0.4 is 10.6 Å². The Balaban J connectivity index is 1.18. The van der Waals surface area contributed by atoms with Crippen molar-refractivity contribution in [3.63, 3.8) is 0 Å². The molecular formula is C51H54N2. The van der Waals surface area contributed by atoms with Crippen molar-refractivity contribution in [2.45, 2.75) is 72.6 Å². The van der Waals surface area contributed by atoms with Crippen LogP contribution in [0.3, 0.4) is 0 Å². The van der Waals surface area contributed by atoms with E-state index in [2.05, 4.69) is 154 Å². The predicted octanol–water partition coefficient (Wildman–Crippen LogP) is 12.9. The van der Waals surface area contributed by atoms with E-state index in [1.54, 1.807) is 11.1 Å². The van der Waals surface area contributed by atoms with Crippen molar-refractivity contribution < 1.29 is 0 Å². The van der Waals surface area contributed by atoms with Crippen LogP contribution in [0.1, 0.15) is 89.5 Å². The molecule has 1 aliphatic heterocycles. The maximum atomic E-state index is 4.50. The summed E-state index contributed by atoms with van der Waals surface area (Å²) in [5, 5.41) is 7.57. The maximum absolute atomic E-state index is 4.50. The second kappa shape index (κ2) is 13.7. The Hall–Kier alpha value is -5.08. The second-order valence-corrected chi connectivity index (χ2v) is 16.4. The molecule has 0 spiro atoms. The van der Waals surface area contributed by atoms with Gasteiger partial charge >= 0.3 is 0 Å². The van der Waals surface area contributed by atoms with Gasteiger partial charge in [-0.25, -0.2) is 0 Å².